The van der Waals surface area contributed by atoms with Gasteiger partial charge in [-0.1, -0.05) is 6.07 Å². The second-order valence-electron chi connectivity index (χ2n) is 6.17. The smallest absolute Gasteiger partial charge is 0.382 e. The van der Waals surface area contributed by atoms with Crippen molar-refractivity contribution >= 4 is 46.0 Å². The molecule has 0 fully saturated rings. The zero-order chi connectivity index (χ0) is 23.7. The average Bonchev–Trinajstić information content (AvgIpc) is 2.74. The summed E-state index contributed by atoms with van der Waals surface area (Å²) in [6.45, 7) is 7.84. The second kappa shape index (κ2) is 11.2. The molecule has 0 unspecified atom stereocenters. The van der Waals surface area contributed by atoms with Gasteiger partial charge in [0.15, 0.2) is 11.3 Å². The van der Waals surface area contributed by atoms with Gasteiger partial charge in [0, 0.05) is 11.4 Å². The Balaban J connectivity index is 0.00000233. The van der Waals surface area contributed by atoms with E-state index in [4.69, 9.17) is 6.57 Å². The fourth-order valence-corrected chi connectivity index (χ4v) is 2.37. The Kier molecular flexibility index (Phi) is 9.27. The number of hydrogen-bond donors (Lipinski definition) is 3. The maximum Gasteiger partial charge on any atom is 0.407 e. The Morgan fingerprint density at radius 3 is 2.29 bits per heavy atom. The number of nitrogens with zero attached hydrogens (tertiary/aromatic N) is 2. The van der Waals surface area contributed by atoms with Gasteiger partial charge in [0.2, 0.25) is 0 Å². The molecule has 164 valence electrons. The van der Waals surface area contributed by atoms with Gasteiger partial charge >= 0.3 is 6.18 Å². The van der Waals surface area contributed by atoms with Gasteiger partial charge in [0.05, 0.1) is 36.7 Å². The zero-order valence-corrected chi connectivity index (χ0v) is 17.2. The van der Waals surface area contributed by atoms with Crippen molar-refractivity contribution in [1.29, 1.82) is 0 Å². The summed E-state index contributed by atoms with van der Waals surface area (Å²) < 4.78 is 48.6. The van der Waals surface area contributed by atoms with Crippen LogP contribution < -0.4 is 10.6 Å². The molecule has 0 aliphatic heterocycles. The minimum absolute atomic E-state index is 0.183. The summed E-state index contributed by atoms with van der Waals surface area (Å²) in [5.41, 5.74) is -2.69. The number of benzene rings is 2. The Bertz CT molecular complexity index is 996. The van der Waals surface area contributed by atoms with Crippen LogP contribution in [0.1, 0.15) is 12.5 Å². The Hall–Kier alpha value is -3.32. The number of aliphatic imine (C=N–C) groups is 1. The van der Waals surface area contributed by atoms with Crippen LogP contribution in [-0.4, -0.2) is 35.5 Å². The topological polar surface area (TPSA) is 78.1 Å². The van der Waals surface area contributed by atoms with E-state index in [0.29, 0.717) is 24.6 Å². The first-order chi connectivity index (χ1) is 14.6. The lowest BCUT2D eigenvalue weighted by Crippen LogP contribution is -2.45. The summed E-state index contributed by atoms with van der Waals surface area (Å²) in [6, 6.07) is 9.38. The van der Waals surface area contributed by atoms with E-state index < -0.39 is 28.9 Å². The maximum atomic E-state index is 13.0. The van der Waals surface area contributed by atoms with Crippen LogP contribution in [0.2, 0.25) is 0 Å². The highest BCUT2D eigenvalue weighted by molar-refractivity contribution is 7.78. The summed E-state index contributed by atoms with van der Waals surface area (Å²) in [5, 5.41) is 17.7. The van der Waals surface area contributed by atoms with Crippen molar-refractivity contribution in [3.63, 3.8) is 0 Å². The van der Waals surface area contributed by atoms with Gasteiger partial charge in [0.1, 0.15) is 0 Å². The zero-order valence-electron chi connectivity index (χ0n) is 16.4. The Morgan fingerprint density at radius 2 is 1.77 bits per heavy atom. The van der Waals surface area contributed by atoms with E-state index in [1.54, 1.807) is 24.3 Å². The monoisotopic (exact) mass is 454 g/mol. The molecule has 11 heteroatoms. The molecule has 0 saturated carbocycles. The molecule has 0 aliphatic rings. The lowest BCUT2D eigenvalue weighted by atomic mass is 10.1. The number of amides is 1. The van der Waals surface area contributed by atoms with Crippen LogP contribution >= 0.6 is 12.2 Å². The van der Waals surface area contributed by atoms with Crippen LogP contribution in [0.25, 0.3) is 4.85 Å². The minimum atomic E-state index is -4.75. The number of anilines is 2. The summed E-state index contributed by atoms with van der Waals surface area (Å²) in [4.78, 5) is 19.0. The van der Waals surface area contributed by atoms with Crippen molar-refractivity contribution in [2.24, 2.45) is 4.99 Å². The number of halogens is 4. The fourth-order valence-electron chi connectivity index (χ4n) is 2.27. The number of thiocarbonyl (C=S) groups is 1. The van der Waals surface area contributed by atoms with Crippen LogP contribution in [0.5, 0.6) is 0 Å². The van der Waals surface area contributed by atoms with Crippen molar-refractivity contribution in [1.82, 2.24) is 0 Å². The molecule has 2 rings (SSSR count). The highest BCUT2D eigenvalue weighted by Gasteiger charge is 2.35. The fraction of sp³-hybridized carbons (Fsp3) is 0.250. The van der Waals surface area contributed by atoms with Crippen molar-refractivity contribution in [2.75, 3.05) is 24.4 Å². The molecule has 0 aromatic heterocycles. The average molecular weight is 454 g/mol. The summed E-state index contributed by atoms with van der Waals surface area (Å²) in [6.07, 6.45) is -4.75. The van der Waals surface area contributed by atoms with E-state index >= 15 is 0 Å². The van der Waals surface area contributed by atoms with Crippen molar-refractivity contribution in [3.05, 3.63) is 59.4 Å². The van der Waals surface area contributed by atoms with E-state index in [9.17, 15) is 27.5 Å². The van der Waals surface area contributed by atoms with Gasteiger partial charge in [-0.15, -0.1) is 0 Å². The molecular weight excluding hydrogens is 436 g/mol. The molecule has 0 heterocycles. The number of alkyl halides is 4. The maximum absolute atomic E-state index is 13.0. The third kappa shape index (κ3) is 7.46. The van der Waals surface area contributed by atoms with Gasteiger partial charge in [-0.3, -0.25) is 9.18 Å². The molecule has 0 bridgehead atoms. The Labute approximate surface area is 181 Å². The van der Waals surface area contributed by atoms with Crippen LogP contribution in [0.3, 0.4) is 0 Å². The van der Waals surface area contributed by atoms with E-state index in [1.807, 2.05) is 0 Å². The SMILES string of the molecule is CF.[C-]#[N+]c1ccc(NC(=O)[C@](C)(O)CNc2ccc(N=C=S)cc2)cc1C(F)(F)F. The van der Waals surface area contributed by atoms with Crippen LogP contribution in [-0.2, 0) is 11.0 Å². The van der Waals surface area contributed by atoms with Gasteiger partial charge in [-0.25, -0.2) is 4.85 Å². The summed E-state index contributed by atoms with van der Waals surface area (Å²) in [5.74, 6) is -0.907. The van der Waals surface area contributed by atoms with E-state index in [-0.39, 0.29) is 12.2 Å². The third-order valence-electron chi connectivity index (χ3n) is 3.85. The molecule has 0 radical (unpaired) electrons. The normalized spacial score (nSPS) is 12.2. The molecule has 3 N–H and O–H groups in total. The predicted octanol–water partition coefficient (Wildman–Crippen LogP) is 5.38. The standard InChI is InChI=1S/C19H15F3N4O2S.CH3F/c1-18(28,10-24-12-3-5-13(6-4-12)25-11-29)17(27)26-14-7-8-16(23-2)15(9-14)19(20,21)22;1-2/h3-9,24,28H,10H2,1H3,(H,26,27);1H3/t18-;/m1./s1. The van der Waals surface area contributed by atoms with E-state index in [1.165, 1.54) is 13.0 Å². The van der Waals surface area contributed by atoms with Gasteiger partial charge in [-0.2, -0.15) is 18.2 Å². The van der Waals surface area contributed by atoms with Crippen LogP contribution in [0, 0.1) is 6.57 Å². The highest BCUT2D eigenvalue weighted by Crippen LogP contribution is 2.38. The molecule has 1 amide bonds. The predicted molar refractivity (Wildman–Crippen MR) is 114 cm³/mol. The number of nitrogens with one attached hydrogen (secondary N) is 2. The molecule has 2 aromatic rings. The van der Waals surface area contributed by atoms with Crippen molar-refractivity contribution in [3.8, 4) is 0 Å². The molecule has 0 spiro atoms. The van der Waals surface area contributed by atoms with Crippen LogP contribution in [0.15, 0.2) is 47.5 Å². The van der Waals surface area contributed by atoms with E-state index in [2.05, 4.69) is 37.9 Å². The molecule has 2 aromatic carbocycles. The second-order valence-corrected chi connectivity index (χ2v) is 6.36. The first kappa shape index (κ1) is 25.7. The molecule has 6 nitrogen and oxygen atoms in total. The van der Waals surface area contributed by atoms with E-state index in [0.717, 1.165) is 6.07 Å². The number of carbonyl (C=O) groups excluding carboxylic acids is 1. The number of rotatable bonds is 6. The summed E-state index contributed by atoms with van der Waals surface area (Å²) in [7, 11) is 0.500. The lowest BCUT2D eigenvalue weighted by molar-refractivity contribution is -0.137. The van der Waals surface area contributed by atoms with Gasteiger partial charge in [-0.05, 0) is 55.5 Å². The van der Waals surface area contributed by atoms with Gasteiger partial charge in [0.25, 0.3) is 5.91 Å². The minimum Gasteiger partial charge on any atom is -0.382 e. The third-order valence-corrected chi connectivity index (χ3v) is 3.94. The molecule has 1 atom stereocenters. The number of aliphatic hydroxyl groups is 1. The van der Waals surface area contributed by atoms with Crippen molar-refractivity contribution < 1.29 is 27.5 Å². The summed E-state index contributed by atoms with van der Waals surface area (Å²) >= 11 is 4.50. The molecule has 31 heavy (non-hydrogen) atoms. The Morgan fingerprint density at radius 1 is 1.19 bits per heavy atom. The molecular formula is C20H18F4N4O2S. The highest BCUT2D eigenvalue weighted by atomic mass is 32.1. The quantitative estimate of drug-likeness (QED) is 0.237. The number of hydrogen-bond acceptors (Lipinski definition) is 5. The number of carbonyl (C=O) groups is 1. The lowest BCUT2D eigenvalue weighted by Gasteiger charge is -2.23. The van der Waals surface area contributed by atoms with Crippen LogP contribution in [0.4, 0.5) is 40.3 Å². The first-order valence-corrected chi connectivity index (χ1v) is 8.90. The molecule has 0 saturated heterocycles. The largest absolute Gasteiger partial charge is 0.407 e. The molecule has 0 aliphatic carbocycles. The van der Waals surface area contributed by atoms with Gasteiger partial charge < -0.3 is 15.7 Å². The number of isothiocyanates is 1. The first-order valence-electron chi connectivity index (χ1n) is 8.49. The van der Waals surface area contributed by atoms with Crippen molar-refractivity contribution in [2.45, 2.75) is 18.7 Å².